The quantitative estimate of drug-likeness (QED) is 0.0177. The fourth-order valence-electron chi connectivity index (χ4n) is 17.9. The van der Waals surface area contributed by atoms with Gasteiger partial charge in [0.15, 0.2) is 0 Å². The molecule has 0 bridgehead atoms. The van der Waals surface area contributed by atoms with Gasteiger partial charge in [-0.2, -0.15) is 0 Å². The molecule has 0 radical (unpaired) electrons. The average Bonchev–Trinajstić information content (AvgIpc) is 1.64. The maximum Gasteiger partial charge on any atom is 0.255 e. The number of nitrogens with zero attached hydrogens (tertiary/aromatic N) is 6. The highest BCUT2D eigenvalue weighted by molar-refractivity contribution is 6.05. The van der Waals surface area contributed by atoms with Crippen molar-refractivity contribution in [2.24, 2.45) is 0 Å². The fourth-order valence-corrected chi connectivity index (χ4v) is 17.9. The van der Waals surface area contributed by atoms with E-state index in [1.54, 1.807) is 75.9 Å². The van der Waals surface area contributed by atoms with Crippen LogP contribution in [0.1, 0.15) is 213 Å². The van der Waals surface area contributed by atoms with Gasteiger partial charge >= 0.3 is 0 Å². The Morgan fingerprint density at radius 2 is 0.737 bits per heavy atom. The van der Waals surface area contributed by atoms with Crippen LogP contribution in [0.3, 0.4) is 0 Å². The number of aliphatic hydroxyl groups excluding tert-OH is 1. The van der Waals surface area contributed by atoms with E-state index in [0.29, 0.717) is 196 Å². The number of rotatable bonds is 32. The van der Waals surface area contributed by atoms with Gasteiger partial charge in [0.25, 0.3) is 29.5 Å². The average molecular weight is 1890 g/mol. The molecule has 9 heterocycles. The number of halogens is 1. The first kappa shape index (κ1) is 103. The number of carbonyl (C=O) groups excluding carboxylic acids is 9. The van der Waals surface area contributed by atoms with E-state index < -0.39 is 29.8 Å². The van der Waals surface area contributed by atoms with E-state index in [2.05, 4.69) is 150 Å². The SMILES string of the molecule is C.C=C1CCC(N2Cc3c(OCc4ccc(C(=O)NCC(C)(C)O)cc4)cccc3C2=O)C(=O)N1.C=C1CCC(N2Cc3c(OCc4ccc(CN(C(C)C)C(C)C)cc4)cccc3C2=O)C(=O)N1.C=C1CCC(N2Cc3c(OCc4ccc(CNCCN5CCOCC5)cc4)cccc3C2=O)C(=O)N1.C=C1CCC(N2Cc3c(OCc4ccc(CNCCO)cc4)cccc3C2=O)C(=O)N1.Cl. The third-order valence-corrected chi connectivity index (χ3v) is 25.5. The number of piperidine rings is 4. The molecule has 29 nitrogen and oxygen atoms in total. The van der Waals surface area contributed by atoms with E-state index in [4.69, 9.17) is 28.8 Å². The van der Waals surface area contributed by atoms with Crippen molar-refractivity contribution in [3.05, 3.63) is 308 Å². The Morgan fingerprint density at radius 1 is 0.445 bits per heavy atom. The number of amides is 9. The Kier molecular flexibility index (Phi) is 35.9. The van der Waals surface area contributed by atoms with Crippen LogP contribution in [-0.4, -0.2) is 194 Å². The molecular formula is C107H130ClN13O16. The fraction of sp³-hybridized carbons (Fsp3) is 0.393. The molecule has 4 unspecified atom stereocenters. The minimum absolute atomic E-state index is 0. The molecule has 9 amide bonds. The second-order valence-electron chi connectivity index (χ2n) is 36.6. The number of aliphatic hydroxyl groups is 2. The van der Waals surface area contributed by atoms with Crippen molar-refractivity contribution in [3.63, 3.8) is 0 Å². The molecular weight excluding hydrogens is 1760 g/mol. The van der Waals surface area contributed by atoms with Crippen LogP contribution in [0.2, 0.25) is 0 Å². The summed E-state index contributed by atoms with van der Waals surface area (Å²) >= 11 is 0. The number of ether oxygens (including phenoxy) is 5. The van der Waals surface area contributed by atoms with Gasteiger partial charge in [-0.1, -0.05) is 143 Å². The Hall–Kier alpha value is -12.8. The molecule has 8 aromatic rings. The lowest BCUT2D eigenvalue weighted by atomic mass is 10.0. The van der Waals surface area contributed by atoms with Crippen molar-refractivity contribution in [1.82, 2.24) is 66.6 Å². The predicted octanol–water partition coefficient (Wildman–Crippen LogP) is 12.7. The normalized spacial score (nSPS) is 18.4. The zero-order valence-electron chi connectivity index (χ0n) is 78.5. The van der Waals surface area contributed by atoms with Crippen molar-refractivity contribution in [2.45, 2.75) is 214 Å². The number of benzene rings is 8. The second-order valence-corrected chi connectivity index (χ2v) is 36.6. The van der Waals surface area contributed by atoms with Crippen LogP contribution in [0.5, 0.6) is 23.0 Å². The van der Waals surface area contributed by atoms with E-state index in [-0.39, 0.29) is 92.8 Å². The van der Waals surface area contributed by atoms with Crippen LogP contribution in [0, 0.1) is 0 Å². The Labute approximate surface area is 809 Å². The highest BCUT2D eigenvalue weighted by Gasteiger charge is 2.44. The highest BCUT2D eigenvalue weighted by Crippen LogP contribution is 2.40. The van der Waals surface area contributed by atoms with E-state index in [1.807, 2.05) is 78.9 Å². The molecule has 0 aromatic heterocycles. The van der Waals surface area contributed by atoms with Gasteiger partial charge in [0.1, 0.15) is 73.6 Å². The molecule has 0 spiro atoms. The highest BCUT2D eigenvalue weighted by atomic mass is 35.5. The smallest absolute Gasteiger partial charge is 0.255 e. The maximum atomic E-state index is 13.0. The maximum absolute atomic E-state index is 13.0. The second kappa shape index (κ2) is 47.8. The van der Waals surface area contributed by atoms with Gasteiger partial charge in [0, 0.05) is 144 Å². The summed E-state index contributed by atoms with van der Waals surface area (Å²) in [7, 11) is 0. The molecule has 9 aliphatic heterocycles. The van der Waals surface area contributed by atoms with Crippen molar-refractivity contribution in [2.75, 3.05) is 59.1 Å². The topological polar surface area (TPSA) is 344 Å². The minimum atomic E-state index is -0.980. The van der Waals surface area contributed by atoms with Gasteiger partial charge in [-0.25, -0.2) is 0 Å². The number of hydrogen-bond donors (Lipinski definition) is 9. The van der Waals surface area contributed by atoms with Crippen LogP contribution in [0.15, 0.2) is 219 Å². The molecule has 4 atom stereocenters. The summed E-state index contributed by atoms with van der Waals surface area (Å²) in [5, 5.41) is 39.0. The summed E-state index contributed by atoms with van der Waals surface area (Å²) < 4.78 is 29.8. The molecule has 726 valence electrons. The molecule has 9 aliphatic rings. The Bertz CT molecular complexity index is 5690. The van der Waals surface area contributed by atoms with Crippen LogP contribution in [0.4, 0.5) is 0 Å². The van der Waals surface area contributed by atoms with Gasteiger partial charge in [-0.3, -0.25) is 53.0 Å². The summed E-state index contributed by atoms with van der Waals surface area (Å²) in [5.41, 5.74) is 15.7. The zero-order chi connectivity index (χ0) is 95.6. The standard InChI is InChI=1S/C28H34N4O4.C28H35N3O3.C26H29N3O5.C24H27N3O4.CH4.ClH/c1-20-5-10-25(27(33)30-20)32-18-24-23(28(32)34)3-2-4-26(24)36-19-22-8-6-21(7-9-22)17-29-11-12-31-13-15-35-16-14-31;1-18(2)30(19(3)4)15-21-10-12-22(13-11-21)17-34-26-8-6-7-23-24(26)16-31(28(23)33)25-14-9-20(5)29-27(25)32;1-16-7-12-21(24(31)28-16)29-13-20-19(25(29)32)5-4-6-22(20)34-14-17-8-10-18(11-9-17)23(30)27-15-26(2,3)33;1-16-5-10-21(23(29)26-16)27-14-20-19(24(27)30)3-2-4-22(20)31-15-18-8-6-17(7-9-18)13-25-11-12-28;;/h2-4,6-9,25,29H,1,5,10-19H2,(H,30,33);6-8,10-13,18-19,25H,5,9,14-17H2,1-4H3,(H,29,32);4-6,8-11,21,33H,1,7,12-15H2,2-3H3,(H,27,30)(H,28,31);2-4,6-9,21,25,28H,1,5,10-15H2,(H,26,29);1H4;1H. The first-order valence-corrected chi connectivity index (χ1v) is 46.6. The molecule has 5 saturated heterocycles. The zero-order valence-corrected chi connectivity index (χ0v) is 79.3. The molecule has 0 aliphatic carbocycles. The minimum Gasteiger partial charge on any atom is -0.489 e. The third-order valence-electron chi connectivity index (χ3n) is 25.5. The Morgan fingerprint density at radius 3 is 1.03 bits per heavy atom. The number of nitrogens with one attached hydrogen (secondary N) is 7. The van der Waals surface area contributed by atoms with Gasteiger partial charge < -0.3 is 90.7 Å². The first-order chi connectivity index (χ1) is 65.0. The monoisotopic (exact) mass is 1890 g/mol. The lowest BCUT2D eigenvalue weighted by molar-refractivity contribution is -0.127. The molecule has 137 heavy (non-hydrogen) atoms. The molecule has 5 fully saturated rings. The summed E-state index contributed by atoms with van der Waals surface area (Å²) in [4.78, 5) is 125. The summed E-state index contributed by atoms with van der Waals surface area (Å²) in [6.07, 6.45) is 5.00. The lowest BCUT2D eigenvalue weighted by Gasteiger charge is -2.31. The largest absolute Gasteiger partial charge is 0.489 e. The van der Waals surface area contributed by atoms with E-state index >= 15 is 0 Å². The summed E-state index contributed by atoms with van der Waals surface area (Å²) in [5.74, 6) is 1.17. The van der Waals surface area contributed by atoms with Gasteiger partial charge in [0.2, 0.25) is 23.6 Å². The van der Waals surface area contributed by atoms with E-state index in [9.17, 15) is 48.3 Å². The van der Waals surface area contributed by atoms with Crippen LogP contribution < -0.4 is 56.2 Å². The Balaban J connectivity index is 0.000000163. The van der Waals surface area contributed by atoms with Crippen LogP contribution in [-0.2, 0) is 96.2 Å². The van der Waals surface area contributed by atoms with E-state index in [1.165, 1.54) is 11.1 Å². The van der Waals surface area contributed by atoms with Gasteiger partial charge in [-0.15, -0.1) is 12.4 Å². The molecule has 17 rings (SSSR count). The number of allylic oxidation sites excluding steroid dienone is 4. The molecule has 0 saturated carbocycles. The van der Waals surface area contributed by atoms with Crippen molar-refractivity contribution < 1.29 is 77.0 Å². The van der Waals surface area contributed by atoms with Crippen molar-refractivity contribution in [1.29, 1.82) is 0 Å². The van der Waals surface area contributed by atoms with E-state index in [0.717, 1.165) is 103 Å². The van der Waals surface area contributed by atoms with Crippen molar-refractivity contribution >= 4 is 65.6 Å². The number of hydrogen-bond acceptors (Lipinski definition) is 20. The van der Waals surface area contributed by atoms with Gasteiger partial charge in [0.05, 0.1) is 51.6 Å². The lowest BCUT2D eigenvalue weighted by Crippen LogP contribution is -2.49. The first-order valence-electron chi connectivity index (χ1n) is 46.6. The number of morpholine rings is 1. The summed E-state index contributed by atoms with van der Waals surface area (Å²) in [6.45, 7) is 39.3. The number of carbonyl (C=O) groups is 9. The van der Waals surface area contributed by atoms with Gasteiger partial charge in [-0.05, 0) is 193 Å². The molecule has 30 heteroatoms. The van der Waals surface area contributed by atoms with Crippen LogP contribution >= 0.6 is 12.4 Å². The third kappa shape index (κ3) is 26.5. The molecule has 8 aromatic carbocycles. The summed E-state index contributed by atoms with van der Waals surface area (Å²) in [6, 6.07) is 53.0. The van der Waals surface area contributed by atoms with Crippen molar-refractivity contribution in [3.8, 4) is 23.0 Å². The number of fused-ring (bicyclic) bond motifs is 4. The van der Waals surface area contributed by atoms with Crippen LogP contribution in [0.25, 0.3) is 0 Å². The predicted molar refractivity (Wildman–Crippen MR) is 526 cm³/mol. The molecule has 9 N–H and O–H groups in total.